The van der Waals surface area contributed by atoms with Gasteiger partial charge in [0.1, 0.15) is 34.9 Å². The standard InChI is InChI=1S/C24H21F2NO4/c1-30-17-6-7-19(25)18(12-17)16-11-20(26)24(27-13-16)21-8-5-15-4-2-14(3-9-23(28)29)10-22(15)31-21/h2,4,6-7,10-13,21H,3,5,8-9H2,1H3,(H,28,29). The summed E-state index contributed by atoms with van der Waals surface area (Å²) in [4.78, 5) is 15.1. The largest absolute Gasteiger partial charge is 0.497 e. The minimum absolute atomic E-state index is 0.0285. The summed E-state index contributed by atoms with van der Waals surface area (Å²) < 4.78 is 40.3. The van der Waals surface area contributed by atoms with Crippen LogP contribution >= 0.6 is 0 Å². The maximum atomic E-state index is 14.9. The summed E-state index contributed by atoms with van der Waals surface area (Å²) in [6.45, 7) is 0. The van der Waals surface area contributed by atoms with Gasteiger partial charge < -0.3 is 14.6 Å². The Bertz CT molecular complexity index is 1130. The number of rotatable bonds is 6. The van der Waals surface area contributed by atoms with Crippen molar-refractivity contribution in [2.45, 2.75) is 31.8 Å². The number of aryl methyl sites for hydroxylation is 2. The first-order chi connectivity index (χ1) is 14.9. The highest BCUT2D eigenvalue weighted by Gasteiger charge is 2.26. The van der Waals surface area contributed by atoms with E-state index in [1.54, 1.807) is 0 Å². The van der Waals surface area contributed by atoms with E-state index >= 15 is 0 Å². The third-order valence-electron chi connectivity index (χ3n) is 5.36. The lowest BCUT2D eigenvalue weighted by Crippen LogP contribution is -2.18. The smallest absolute Gasteiger partial charge is 0.303 e. The number of benzene rings is 2. The van der Waals surface area contributed by atoms with Crippen LogP contribution in [-0.2, 0) is 17.6 Å². The van der Waals surface area contributed by atoms with Crippen LogP contribution in [0.2, 0.25) is 0 Å². The topological polar surface area (TPSA) is 68.7 Å². The van der Waals surface area contributed by atoms with Crippen LogP contribution in [0.3, 0.4) is 0 Å². The molecule has 4 rings (SSSR count). The number of fused-ring (bicyclic) bond motifs is 1. The highest BCUT2D eigenvalue weighted by Crippen LogP contribution is 2.37. The quantitative estimate of drug-likeness (QED) is 0.594. The van der Waals surface area contributed by atoms with Crippen LogP contribution in [0.15, 0.2) is 48.7 Å². The van der Waals surface area contributed by atoms with Crippen LogP contribution in [0, 0.1) is 11.6 Å². The Labute approximate surface area is 178 Å². The molecule has 0 bridgehead atoms. The minimum Gasteiger partial charge on any atom is -0.497 e. The number of carboxylic acid groups (broad SMARTS) is 1. The summed E-state index contributed by atoms with van der Waals surface area (Å²) >= 11 is 0. The van der Waals surface area contributed by atoms with Crippen molar-refractivity contribution in [1.82, 2.24) is 4.98 Å². The molecule has 1 aliphatic heterocycles. The molecular weight excluding hydrogens is 404 g/mol. The normalized spacial score (nSPS) is 15.1. The second-order valence-corrected chi connectivity index (χ2v) is 7.42. The van der Waals surface area contributed by atoms with E-state index in [0.717, 1.165) is 11.1 Å². The van der Waals surface area contributed by atoms with Gasteiger partial charge in [-0.1, -0.05) is 12.1 Å². The zero-order valence-corrected chi connectivity index (χ0v) is 16.9. The molecule has 2 aromatic carbocycles. The Kier molecular flexibility index (Phi) is 5.84. The Hall–Kier alpha value is -3.48. The van der Waals surface area contributed by atoms with Crippen molar-refractivity contribution in [1.29, 1.82) is 0 Å². The van der Waals surface area contributed by atoms with E-state index in [1.807, 2.05) is 18.2 Å². The number of pyridine rings is 1. The van der Waals surface area contributed by atoms with Crippen molar-refractivity contribution in [2.24, 2.45) is 0 Å². The number of carboxylic acids is 1. The SMILES string of the molecule is COc1ccc(F)c(-c2cnc(C3CCc4ccc(CCC(=O)O)cc4O3)c(F)c2)c1. The number of hydrogen-bond acceptors (Lipinski definition) is 4. The zero-order chi connectivity index (χ0) is 22.0. The second-order valence-electron chi connectivity index (χ2n) is 7.42. The first kappa shape index (κ1) is 20.8. The molecule has 1 aromatic heterocycles. The van der Waals surface area contributed by atoms with Crippen molar-refractivity contribution in [3.8, 4) is 22.6 Å². The van der Waals surface area contributed by atoms with Crippen LogP contribution in [-0.4, -0.2) is 23.2 Å². The van der Waals surface area contributed by atoms with Crippen LogP contribution in [0.4, 0.5) is 8.78 Å². The van der Waals surface area contributed by atoms with Gasteiger partial charge in [-0.15, -0.1) is 0 Å². The second kappa shape index (κ2) is 8.71. The summed E-state index contributed by atoms with van der Waals surface area (Å²) in [6.07, 6.45) is 2.51. The summed E-state index contributed by atoms with van der Waals surface area (Å²) in [6, 6.07) is 11.1. The maximum Gasteiger partial charge on any atom is 0.303 e. The highest BCUT2D eigenvalue weighted by molar-refractivity contribution is 5.67. The molecule has 2 heterocycles. The maximum absolute atomic E-state index is 14.9. The van der Waals surface area contributed by atoms with Gasteiger partial charge in [-0.3, -0.25) is 9.78 Å². The molecule has 0 saturated carbocycles. The fourth-order valence-electron chi connectivity index (χ4n) is 3.70. The number of halogens is 2. The molecule has 5 nitrogen and oxygen atoms in total. The van der Waals surface area contributed by atoms with Crippen molar-refractivity contribution in [3.63, 3.8) is 0 Å². The van der Waals surface area contributed by atoms with Gasteiger partial charge in [0.15, 0.2) is 0 Å². The Morgan fingerprint density at radius 2 is 2.03 bits per heavy atom. The molecule has 0 aliphatic carbocycles. The third kappa shape index (κ3) is 4.50. The van der Waals surface area contributed by atoms with E-state index in [4.69, 9.17) is 14.6 Å². The van der Waals surface area contributed by atoms with E-state index in [2.05, 4.69) is 4.98 Å². The molecule has 1 aliphatic rings. The molecular formula is C24H21F2NO4. The molecule has 1 unspecified atom stereocenters. The van der Waals surface area contributed by atoms with Crippen molar-refractivity contribution < 1.29 is 28.2 Å². The van der Waals surface area contributed by atoms with Crippen LogP contribution < -0.4 is 9.47 Å². The number of methoxy groups -OCH3 is 1. The van der Waals surface area contributed by atoms with Crippen molar-refractivity contribution in [2.75, 3.05) is 7.11 Å². The van der Waals surface area contributed by atoms with Gasteiger partial charge in [-0.05, 0) is 60.7 Å². The Balaban J connectivity index is 1.57. The lowest BCUT2D eigenvalue weighted by molar-refractivity contribution is -0.136. The van der Waals surface area contributed by atoms with E-state index < -0.39 is 23.7 Å². The van der Waals surface area contributed by atoms with Gasteiger partial charge in [-0.25, -0.2) is 8.78 Å². The molecule has 1 atom stereocenters. The molecule has 0 radical (unpaired) electrons. The van der Waals surface area contributed by atoms with Crippen molar-refractivity contribution >= 4 is 5.97 Å². The molecule has 0 amide bonds. The fourth-order valence-corrected chi connectivity index (χ4v) is 3.70. The van der Waals surface area contributed by atoms with Gasteiger partial charge in [0.05, 0.1) is 7.11 Å². The summed E-state index contributed by atoms with van der Waals surface area (Å²) in [5, 5.41) is 8.87. The molecule has 3 aromatic rings. The van der Waals surface area contributed by atoms with Crippen LogP contribution in [0.1, 0.15) is 35.8 Å². The molecule has 0 spiro atoms. The predicted molar refractivity (Wildman–Crippen MR) is 110 cm³/mol. The third-order valence-corrected chi connectivity index (χ3v) is 5.36. The Morgan fingerprint density at radius 1 is 1.19 bits per heavy atom. The Morgan fingerprint density at radius 3 is 2.77 bits per heavy atom. The number of carbonyl (C=O) groups is 1. The van der Waals surface area contributed by atoms with Gasteiger partial charge in [0, 0.05) is 23.7 Å². The van der Waals surface area contributed by atoms with Crippen molar-refractivity contribution in [3.05, 3.63) is 77.1 Å². The number of nitrogens with zero attached hydrogens (tertiary/aromatic N) is 1. The van der Waals surface area contributed by atoms with Gasteiger partial charge >= 0.3 is 5.97 Å². The fraction of sp³-hybridized carbons (Fsp3) is 0.250. The lowest BCUT2D eigenvalue weighted by Gasteiger charge is -2.26. The predicted octanol–water partition coefficient (Wildman–Crippen LogP) is 5.12. The summed E-state index contributed by atoms with van der Waals surface area (Å²) in [7, 11) is 1.48. The molecule has 0 saturated heterocycles. The lowest BCUT2D eigenvalue weighted by atomic mass is 9.97. The van der Waals surface area contributed by atoms with Gasteiger partial charge in [0.2, 0.25) is 0 Å². The first-order valence-electron chi connectivity index (χ1n) is 9.94. The highest BCUT2D eigenvalue weighted by atomic mass is 19.1. The molecule has 160 valence electrons. The monoisotopic (exact) mass is 425 g/mol. The number of ether oxygens (including phenoxy) is 2. The summed E-state index contributed by atoms with van der Waals surface area (Å²) in [5.41, 5.74) is 2.51. The first-order valence-corrected chi connectivity index (χ1v) is 9.94. The molecule has 1 N–H and O–H groups in total. The summed E-state index contributed by atoms with van der Waals surface area (Å²) in [5.74, 6) is -0.855. The van der Waals surface area contributed by atoms with Gasteiger partial charge in [0.25, 0.3) is 0 Å². The van der Waals surface area contributed by atoms with E-state index in [1.165, 1.54) is 37.6 Å². The van der Waals surface area contributed by atoms with Crippen LogP contribution in [0.5, 0.6) is 11.5 Å². The van der Waals surface area contributed by atoms with Crippen LogP contribution in [0.25, 0.3) is 11.1 Å². The average Bonchev–Trinajstić information content (AvgIpc) is 2.77. The average molecular weight is 425 g/mol. The number of aliphatic carboxylic acids is 1. The molecule has 0 fully saturated rings. The van der Waals surface area contributed by atoms with Gasteiger partial charge in [-0.2, -0.15) is 0 Å². The molecule has 31 heavy (non-hydrogen) atoms. The minimum atomic E-state index is -0.865. The number of aromatic nitrogens is 1. The van der Waals surface area contributed by atoms with E-state index in [0.29, 0.717) is 36.3 Å². The van der Waals surface area contributed by atoms with E-state index in [-0.39, 0.29) is 17.7 Å². The zero-order valence-electron chi connectivity index (χ0n) is 16.9. The number of hydrogen-bond donors (Lipinski definition) is 1. The molecule has 7 heteroatoms. The van der Waals surface area contributed by atoms with E-state index in [9.17, 15) is 13.6 Å².